The quantitative estimate of drug-likeness (QED) is 0.855. The molecular formula is C14H23BrN2S. The molecule has 2 rings (SSSR count). The Morgan fingerprint density at radius 2 is 2.39 bits per heavy atom. The number of hydrogen-bond donors (Lipinski definition) is 1. The molecule has 18 heavy (non-hydrogen) atoms. The first-order chi connectivity index (χ1) is 8.66. The zero-order valence-corrected chi connectivity index (χ0v) is 13.7. The van der Waals surface area contributed by atoms with Gasteiger partial charge in [0.25, 0.3) is 0 Å². The first-order valence-corrected chi connectivity index (χ1v) is 8.50. The normalized spacial score (nSPS) is 21.0. The third-order valence-corrected chi connectivity index (χ3v) is 5.38. The summed E-state index contributed by atoms with van der Waals surface area (Å²) in [7, 11) is 0. The summed E-state index contributed by atoms with van der Waals surface area (Å²) in [5.41, 5.74) is 0. The van der Waals surface area contributed by atoms with Gasteiger partial charge in [-0.15, -0.1) is 11.3 Å². The minimum absolute atomic E-state index is 0.720. The molecule has 0 spiro atoms. The zero-order valence-electron chi connectivity index (χ0n) is 11.3. The molecule has 1 unspecified atom stereocenters. The Morgan fingerprint density at radius 3 is 3.06 bits per heavy atom. The highest BCUT2D eigenvalue weighted by atomic mass is 79.9. The molecule has 2 nitrogen and oxygen atoms in total. The van der Waals surface area contributed by atoms with Crippen LogP contribution in [0.25, 0.3) is 0 Å². The van der Waals surface area contributed by atoms with E-state index in [4.69, 9.17) is 0 Å². The maximum Gasteiger partial charge on any atom is 0.0342 e. The standard InChI is InChI=1S/C14H23BrN2S/c1-11(2)8-16-9-12-4-3-6-17(12)10-14-13(15)5-7-18-14/h5,7,11-12,16H,3-4,6,8-10H2,1-2H3. The number of halogens is 1. The smallest absolute Gasteiger partial charge is 0.0342 e. The molecule has 1 N–H and O–H groups in total. The molecule has 0 amide bonds. The number of likely N-dealkylation sites (tertiary alicyclic amines) is 1. The van der Waals surface area contributed by atoms with Gasteiger partial charge < -0.3 is 5.32 Å². The largest absolute Gasteiger partial charge is 0.315 e. The van der Waals surface area contributed by atoms with Crippen molar-refractivity contribution in [3.63, 3.8) is 0 Å². The van der Waals surface area contributed by atoms with Crippen LogP contribution < -0.4 is 5.32 Å². The van der Waals surface area contributed by atoms with Crippen molar-refractivity contribution in [2.75, 3.05) is 19.6 Å². The van der Waals surface area contributed by atoms with Crippen LogP contribution in [0.4, 0.5) is 0 Å². The van der Waals surface area contributed by atoms with Crippen LogP contribution in [0.1, 0.15) is 31.6 Å². The van der Waals surface area contributed by atoms with Crippen molar-refractivity contribution < 1.29 is 0 Å². The molecule has 1 saturated heterocycles. The van der Waals surface area contributed by atoms with Crippen LogP contribution in [-0.2, 0) is 6.54 Å². The first-order valence-electron chi connectivity index (χ1n) is 6.83. The molecule has 0 radical (unpaired) electrons. The van der Waals surface area contributed by atoms with Gasteiger partial charge in [0.2, 0.25) is 0 Å². The van der Waals surface area contributed by atoms with E-state index in [2.05, 4.69) is 51.4 Å². The van der Waals surface area contributed by atoms with Gasteiger partial charge in [-0.3, -0.25) is 4.90 Å². The van der Waals surface area contributed by atoms with Crippen LogP contribution in [0.3, 0.4) is 0 Å². The third-order valence-electron chi connectivity index (χ3n) is 3.47. The lowest BCUT2D eigenvalue weighted by Gasteiger charge is -2.24. The topological polar surface area (TPSA) is 15.3 Å². The predicted molar refractivity (Wildman–Crippen MR) is 83.2 cm³/mol. The highest BCUT2D eigenvalue weighted by Crippen LogP contribution is 2.27. The zero-order chi connectivity index (χ0) is 13.0. The van der Waals surface area contributed by atoms with Crippen LogP contribution in [-0.4, -0.2) is 30.6 Å². The summed E-state index contributed by atoms with van der Waals surface area (Å²) < 4.78 is 1.27. The van der Waals surface area contributed by atoms with Crippen molar-refractivity contribution in [1.82, 2.24) is 10.2 Å². The van der Waals surface area contributed by atoms with Crippen molar-refractivity contribution in [1.29, 1.82) is 0 Å². The molecule has 1 aliphatic heterocycles. The number of nitrogens with zero attached hydrogens (tertiary/aromatic N) is 1. The molecule has 1 aromatic rings. The molecule has 1 atom stereocenters. The second-order valence-corrected chi connectivity index (χ2v) is 7.37. The lowest BCUT2D eigenvalue weighted by atomic mass is 10.2. The fourth-order valence-corrected chi connectivity index (χ4v) is 4.00. The van der Waals surface area contributed by atoms with Gasteiger partial charge in [-0.25, -0.2) is 0 Å². The average Bonchev–Trinajstić information content (AvgIpc) is 2.90. The van der Waals surface area contributed by atoms with Gasteiger partial charge in [-0.1, -0.05) is 13.8 Å². The van der Waals surface area contributed by atoms with Crippen LogP contribution >= 0.6 is 27.3 Å². The lowest BCUT2D eigenvalue weighted by Crippen LogP contribution is -2.38. The molecule has 0 aromatic carbocycles. The summed E-state index contributed by atoms with van der Waals surface area (Å²) in [4.78, 5) is 4.09. The van der Waals surface area contributed by atoms with E-state index in [1.165, 1.54) is 28.7 Å². The minimum atomic E-state index is 0.720. The fraction of sp³-hybridized carbons (Fsp3) is 0.714. The summed E-state index contributed by atoms with van der Waals surface area (Å²) in [6.07, 6.45) is 2.69. The van der Waals surface area contributed by atoms with Gasteiger partial charge in [0.15, 0.2) is 0 Å². The Labute approximate surface area is 123 Å². The number of hydrogen-bond acceptors (Lipinski definition) is 3. The van der Waals surface area contributed by atoms with E-state index in [9.17, 15) is 0 Å². The second-order valence-electron chi connectivity index (χ2n) is 5.51. The summed E-state index contributed by atoms with van der Waals surface area (Å²) in [6, 6.07) is 2.87. The van der Waals surface area contributed by atoms with Gasteiger partial charge in [0, 0.05) is 28.5 Å². The molecule has 2 heterocycles. The van der Waals surface area contributed by atoms with E-state index in [1.807, 2.05) is 11.3 Å². The number of rotatable bonds is 6. The Morgan fingerprint density at radius 1 is 1.56 bits per heavy atom. The van der Waals surface area contributed by atoms with Crippen LogP contribution in [0.5, 0.6) is 0 Å². The minimum Gasteiger partial charge on any atom is -0.315 e. The highest BCUT2D eigenvalue weighted by molar-refractivity contribution is 9.10. The van der Waals surface area contributed by atoms with Gasteiger partial charge in [-0.2, -0.15) is 0 Å². The molecular weight excluding hydrogens is 308 g/mol. The average molecular weight is 331 g/mol. The third kappa shape index (κ3) is 4.05. The maximum absolute atomic E-state index is 3.63. The van der Waals surface area contributed by atoms with Crippen molar-refractivity contribution >= 4 is 27.3 Å². The molecule has 4 heteroatoms. The molecule has 1 aliphatic rings. The van der Waals surface area contributed by atoms with Crippen LogP contribution in [0.15, 0.2) is 15.9 Å². The number of thiophene rings is 1. The second kappa shape index (κ2) is 7.04. The summed E-state index contributed by atoms with van der Waals surface area (Å²) in [5, 5.41) is 5.77. The van der Waals surface area contributed by atoms with E-state index >= 15 is 0 Å². The van der Waals surface area contributed by atoms with Crippen molar-refractivity contribution in [2.45, 2.75) is 39.3 Å². The van der Waals surface area contributed by atoms with Gasteiger partial charge in [0.1, 0.15) is 0 Å². The molecule has 1 fully saturated rings. The van der Waals surface area contributed by atoms with Crippen LogP contribution in [0.2, 0.25) is 0 Å². The summed E-state index contributed by atoms with van der Waals surface area (Å²) in [5.74, 6) is 0.742. The lowest BCUT2D eigenvalue weighted by molar-refractivity contribution is 0.239. The predicted octanol–water partition coefficient (Wildman–Crippen LogP) is 3.72. The Hall–Kier alpha value is 0.100. The van der Waals surface area contributed by atoms with E-state index in [0.29, 0.717) is 0 Å². The van der Waals surface area contributed by atoms with Crippen molar-refractivity contribution in [2.24, 2.45) is 5.92 Å². The molecule has 102 valence electrons. The van der Waals surface area contributed by atoms with Gasteiger partial charge in [0.05, 0.1) is 0 Å². The maximum atomic E-state index is 3.63. The Balaban J connectivity index is 1.82. The molecule has 0 aliphatic carbocycles. The van der Waals surface area contributed by atoms with E-state index < -0.39 is 0 Å². The SMILES string of the molecule is CC(C)CNCC1CCCN1Cc1sccc1Br. The van der Waals surface area contributed by atoms with Crippen molar-refractivity contribution in [3.8, 4) is 0 Å². The molecule has 0 bridgehead atoms. The number of nitrogens with one attached hydrogen (secondary N) is 1. The first kappa shape index (κ1) is 14.5. The Kier molecular flexibility index (Phi) is 5.67. The Bertz CT molecular complexity index is 364. The van der Waals surface area contributed by atoms with Crippen molar-refractivity contribution in [3.05, 3.63) is 20.8 Å². The van der Waals surface area contributed by atoms with Gasteiger partial charge in [-0.05, 0) is 59.2 Å². The van der Waals surface area contributed by atoms with Gasteiger partial charge >= 0.3 is 0 Å². The van der Waals surface area contributed by atoms with E-state index in [-0.39, 0.29) is 0 Å². The summed E-state index contributed by atoms with van der Waals surface area (Å²) >= 11 is 5.49. The van der Waals surface area contributed by atoms with E-state index in [1.54, 1.807) is 0 Å². The highest BCUT2D eigenvalue weighted by Gasteiger charge is 2.24. The van der Waals surface area contributed by atoms with E-state index in [0.717, 1.165) is 31.6 Å². The monoisotopic (exact) mass is 330 g/mol. The summed E-state index contributed by atoms with van der Waals surface area (Å²) in [6.45, 7) is 9.16. The van der Waals surface area contributed by atoms with Crippen LogP contribution in [0, 0.1) is 5.92 Å². The molecule has 0 saturated carbocycles. The fourth-order valence-electron chi connectivity index (χ4n) is 2.50. The molecule has 1 aromatic heterocycles.